The van der Waals surface area contributed by atoms with Gasteiger partial charge in [-0.2, -0.15) is 0 Å². The van der Waals surface area contributed by atoms with E-state index in [1.54, 1.807) is 45.0 Å². The first-order valence-electron chi connectivity index (χ1n) is 5.40. The standard InChI is InChI=1S/C14H14ClNO2/c1-14(2,3)18-13(17)8-6-10-5-7-12(16-4)11(15)9-10/h5-9H,1-3H3/b8-6+. The van der Waals surface area contributed by atoms with Crippen molar-refractivity contribution in [3.05, 3.63) is 46.3 Å². The summed E-state index contributed by atoms with van der Waals surface area (Å²) >= 11 is 5.89. The average molecular weight is 264 g/mol. The summed E-state index contributed by atoms with van der Waals surface area (Å²) in [7, 11) is 0. The van der Waals surface area contributed by atoms with Gasteiger partial charge in [-0.05, 0) is 38.5 Å². The van der Waals surface area contributed by atoms with Crippen molar-refractivity contribution in [1.82, 2.24) is 0 Å². The molecule has 4 heteroatoms. The number of esters is 1. The molecular formula is C14H14ClNO2. The van der Waals surface area contributed by atoms with Gasteiger partial charge in [0.2, 0.25) is 5.69 Å². The zero-order chi connectivity index (χ0) is 13.8. The molecule has 3 nitrogen and oxygen atoms in total. The molecule has 0 aliphatic carbocycles. The maximum atomic E-state index is 11.4. The number of carbonyl (C=O) groups is 1. The molecule has 18 heavy (non-hydrogen) atoms. The zero-order valence-electron chi connectivity index (χ0n) is 10.5. The summed E-state index contributed by atoms with van der Waals surface area (Å²) in [5.41, 5.74) is 0.636. The summed E-state index contributed by atoms with van der Waals surface area (Å²) in [4.78, 5) is 14.7. The van der Waals surface area contributed by atoms with E-state index in [9.17, 15) is 4.79 Å². The molecule has 1 aromatic rings. The predicted molar refractivity (Wildman–Crippen MR) is 72.6 cm³/mol. The monoisotopic (exact) mass is 263 g/mol. The van der Waals surface area contributed by atoms with E-state index in [1.165, 1.54) is 6.08 Å². The molecule has 0 bridgehead atoms. The number of ether oxygens (including phenoxy) is 1. The van der Waals surface area contributed by atoms with Crippen molar-refractivity contribution in [3.63, 3.8) is 0 Å². The minimum atomic E-state index is -0.507. The van der Waals surface area contributed by atoms with Crippen LogP contribution in [-0.4, -0.2) is 11.6 Å². The summed E-state index contributed by atoms with van der Waals surface area (Å²) in [5.74, 6) is -0.409. The van der Waals surface area contributed by atoms with Gasteiger partial charge in [-0.3, -0.25) is 0 Å². The van der Waals surface area contributed by atoms with Crippen molar-refractivity contribution in [2.24, 2.45) is 0 Å². The summed E-state index contributed by atoms with van der Waals surface area (Å²) in [5, 5.41) is 0.372. The lowest BCUT2D eigenvalue weighted by atomic mass is 10.2. The van der Waals surface area contributed by atoms with E-state index in [2.05, 4.69) is 4.85 Å². The Labute approximate surface area is 112 Å². The van der Waals surface area contributed by atoms with E-state index < -0.39 is 11.6 Å². The molecule has 0 aliphatic rings. The molecule has 0 N–H and O–H groups in total. The van der Waals surface area contributed by atoms with Crippen molar-refractivity contribution in [1.29, 1.82) is 0 Å². The van der Waals surface area contributed by atoms with Crippen LogP contribution in [0.2, 0.25) is 5.02 Å². The molecule has 0 atom stereocenters. The van der Waals surface area contributed by atoms with Crippen molar-refractivity contribution >= 4 is 29.3 Å². The number of hydrogen-bond acceptors (Lipinski definition) is 2. The van der Waals surface area contributed by atoms with Crippen LogP contribution in [0.5, 0.6) is 0 Å². The highest BCUT2D eigenvalue weighted by molar-refractivity contribution is 6.33. The summed E-state index contributed by atoms with van der Waals surface area (Å²) in [6.45, 7) is 12.3. The Morgan fingerprint density at radius 1 is 1.44 bits per heavy atom. The van der Waals surface area contributed by atoms with Gasteiger partial charge in [0, 0.05) is 11.1 Å². The maximum Gasteiger partial charge on any atom is 0.331 e. The van der Waals surface area contributed by atoms with E-state index in [0.717, 1.165) is 5.56 Å². The quantitative estimate of drug-likeness (QED) is 0.454. The molecular weight excluding hydrogens is 250 g/mol. The van der Waals surface area contributed by atoms with Gasteiger partial charge in [0.05, 0.1) is 6.57 Å². The van der Waals surface area contributed by atoms with E-state index in [0.29, 0.717) is 10.7 Å². The van der Waals surface area contributed by atoms with Crippen LogP contribution in [0.3, 0.4) is 0 Å². The number of benzene rings is 1. The SMILES string of the molecule is [C-]#[N+]c1ccc(/C=C/C(=O)OC(C)(C)C)cc1Cl. The number of rotatable bonds is 2. The molecule has 1 aromatic carbocycles. The second kappa shape index (κ2) is 5.70. The number of carbonyl (C=O) groups excluding carboxylic acids is 1. The van der Waals surface area contributed by atoms with Crippen LogP contribution in [0.1, 0.15) is 26.3 Å². The highest BCUT2D eigenvalue weighted by Crippen LogP contribution is 2.26. The Kier molecular flexibility index (Phi) is 4.52. The predicted octanol–water partition coefficient (Wildman–Crippen LogP) is 4.25. The third-order valence-electron chi connectivity index (χ3n) is 1.91. The average Bonchev–Trinajstić information content (AvgIpc) is 2.24. The Morgan fingerprint density at radius 2 is 2.11 bits per heavy atom. The summed E-state index contributed by atoms with van der Waals surface area (Å²) in [6, 6.07) is 4.97. The Hall–Kier alpha value is -1.79. The second-order valence-electron chi connectivity index (χ2n) is 4.69. The Morgan fingerprint density at radius 3 is 2.61 bits per heavy atom. The highest BCUT2D eigenvalue weighted by atomic mass is 35.5. The second-order valence-corrected chi connectivity index (χ2v) is 5.10. The van der Waals surface area contributed by atoms with E-state index in [-0.39, 0.29) is 0 Å². The van der Waals surface area contributed by atoms with Crippen molar-refractivity contribution in [2.75, 3.05) is 0 Å². The van der Waals surface area contributed by atoms with Crippen molar-refractivity contribution in [3.8, 4) is 0 Å². The van der Waals surface area contributed by atoms with Gasteiger partial charge in [0.1, 0.15) is 5.60 Å². The fraction of sp³-hybridized carbons (Fsp3) is 0.286. The molecule has 0 radical (unpaired) electrons. The molecule has 0 saturated heterocycles. The van der Waals surface area contributed by atoms with Crippen molar-refractivity contribution in [2.45, 2.75) is 26.4 Å². The Bertz CT molecular complexity index is 522. The topological polar surface area (TPSA) is 30.7 Å². The minimum Gasteiger partial charge on any atom is -0.457 e. The third-order valence-corrected chi connectivity index (χ3v) is 2.21. The van der Waals surface area contributed by atoms with Crippen LogP contribution in [0.4, 0.5) is 5.69 Å². The normalized spacial score (nSPS) is 11.3. The smallest absolute Gasteiger partial charge is 0.331 e. The molecule has 94 valence electrons. The molecule has 0 fully saturated rings. The number of nitrogens with zero attached hydrogens (tertiary/aromatic N) is 1. The van der Waals surface area contributed by atoms with E-state index in [1.807, 2.05) is 0 Å². The van der Waals surface area contributed by atoms with Crippen LogP contribution in [-0.2, 0) is 9.53 Å². The summed E-state index contributed by atoms with van der Waals surface area (Å²) in [6.07, 6.45) is 2.95. The van der Waals surface area contributed by atoms with Crippen LogP contribution in [0.25, 0.3) is 10.9 Å². The van der Waals surface area contributed by atoms with Crippen molar-refractivity contribution < 1.29 is 9.53 Å². The molecule has 0 heterocycles. The van der Waals surface area contributed by atoms with Gasteiger partial charge in [-0.15, -0.1) is 0 Å². The zero-order valence-corrected chi connectivity index (χ0v) is 11.3. The molecule has 0 aliphatic heterocycles. The first-order valence-corrected chi connectivity index (χ1v) is 5.78. The van der Waals surface area contributed by atoms with Crippen LogP contribution >= 0.6 is 11.6 Å². The first kappa shape index (κ1) is 14.3. The van der Waals surface area contributed by atoms with E-state index >= 15 is 0 Å². The number of hydrogen-bond donors (Lipinski definition) is 0. The molecule has 0 unspecified atom stereocenters. The van der Waals surface area contributed by atoms with Crippen LogP contribution < -0.4 is 0 Å². The maximum absolute atomic E-state index is 11.4. The highest BCUT2D eigenvalue weighted by Gasteiger charge is 2.13. The van der Waals surface area contributed by atoms with Crippen LogP contribution in [0, 0.1) is 6.57 Å². The lowest BCUT2D eigenvalue weighted by Gasteiger charge is -2.17. The van der Waals surface area contributed by atoms with Crippen LogP contribution in [0.15, 0.2) is 24.3 Å². The van der Waals surface area contributed by atoms with Gasteiger partial charge in [0.15, 0.2) is 0 Å². The first-order chi connectivity index (χ1) is 8.31. The fourth-order valence-corrected chi connectivity index (χ4v) is 1.45. The lowest BCUT2D eigenvalue weighted by Crippen LogP contribution is -2.22. The molecule has 0 saturated carbocycles. The molecule has 0 aromatic heterocycles. The molecule has 1 rings (SSSR count). The van der Waals surface area contributed by atoms with Gasteiger partial charge in [-0.25, -0.2) is 9.64 Å². The third kappa shape index (κ3) is 4.60. The van der Waals surface area contributed by atoms with Gasteiger partial charge < -0.3 is 4.74 Å². The fourth-order valence-electron chi connectivity index (χ4n) is 1.22. The van der Waals surface area contributed by atoms with Gasteiger partial charge in [0.25, 0.3) is 0 Å². The Balaban J connectivity index is 2.77. The number of halogens is 1. The largest absolute Gasteiger partial charge is 0.457 e. The molecule has 0 amide bonds. The minimum absolute atomic E-state index is 0.372. The molecule has 0 spiro atoms. The van der Waals surface area contributed by atoms with Gasteiger partial charge in [-0.1, -0.05) is 23.7 Å². The van der Waals surface area contributed by atoms with E-state index in [4.69, 9.17) is 22.9 Å². The summed E-state index contributed by atoms with van der Waals surface area (Å²) < 4.78 is 5.13. The lowest BCUT2D eigenvalue weighted by molar-refractivity contribution is -0.148. The van der Waals surface area contributed by atoms with Gasteiger partial charge >= 0.3 is 5.97 Å².